The number of hydrogen-bond acceptors (Lipinski definition) is 5. The Morgan fingerprint density at radius 3 is 2.58 bits per heavy atom. The van der Waals surface area contributed by atoms with Gasteiger partial charge in [-0.15, -0.1) is 11.3 Å². The van der Waals surface area contributed by atoms with Gasteiger partial charge in [0.25, 0.3) is 5.91 Å². The first-order valence-electron chi connectivity index (χ1n) is 8.97. The Bertz CT molecular complexity index is 729. The number of aromatic nitrogens is 1. The average Bonchev–Trinajstić information content (AvgIpc) is 3.04. The normalized spacial score (nSPS) is 26.3. The minimum atomic E-state index is -0.836. The molecule has 0 radical (unpaired) electrons. The van der Waals surface area contributed by atoms with Crippen molar-refractivity contribution in [2.75, 3.05) is 11.9 Å². The van der Waals surface area contributed by atoms with E-state index in [1.54, 1.807) is 0 Å². The predicted molar refractivity (Wildman–Crippen MR) is 99.9 cm³/mol. The molecule has 1 aliphatic heterocycles. The van der Waals surface area contributed by atoms with Gasteiger partial charge in [-0.3, -0.25) is 14.5 Å². The van der Waals surface area contributed by atoms with Gasteiger partial charge in [0.2, 0.25) is 5.91 Å². The van der Waals surface area contributed by atoms with Crippen LogP contribution in [0.5, 0.6) is 0 Å². The molecule has 2 heterocycles. The number of anilines is 1. The number of hydrogen-bond donors (Lipinski definition) is 2. The summed E-state index contributed by atoms with van der Waals surface area (Å²) < 4.78 is 0. The zero-order chi connectivity index (χ0) is 19.1. The van der Waals surface area contributed by atoms with Crippen molar-refractivity contribution in [1.29, 1.82) is 0 Å². The Kier molecular flexibility index (Phi) is 4.81. The third-order valence-corrected chi connectivity index (χ3v) is 6.35. The Morgan fingerprint density at radius 1 is 1.38 bits per heavy atom. The fourth-order valence-electron chi connectivity index (χ4n) is 3.85. The number of urea groups is 1. The van der Waals surface area contributed by atoms with E-state index in [0.717, 1.165) is 23.4 Å². The zero-order valence-electron chi connectivity index (χ0n) is 15.7. The zero-order valence-corrected chi connectivity index (χ0v) is 16.5. The summed E-state index contributed by atoms with van der Waals surface area (Å²) in [5, 5.41) is 7.80. The van der Waals surface area contributed by atoms with Crippen LogP contribution in [-0.2, 0) is 9.59 Å². The largest absolute Gasteiger partial charge is 0.325 e. The Labute approximate surface area is 157 Å². The summed E-state index contributed by atoms with van der Waals surface area (Å²) in [5.41, 5.74) is 0.171. The summed E-state index contributed by atoms with van der Waals surface area (Å²) >= 11 is 1.31. The molecule has 1 aliphatic carbocycles. The highest BCUT2D eigenvalue weighted by molar-refractivity contribution is 7.13. The quantitative estimate of drug-likeness (QED) is 0.791. The van der Waals surface area contributed by atoms with E-state index in [1.165, 1.54) is 11.3 Å². The van der Waals surface area contributed by atoms with Crippen LogP contribution >= 0.6 is 11.3 Å². The van der Waals surface area contributed by atoms with Gasteiger partial charge in [-0.2, -0.15) is 0 Å². The first kappa shape index (κ1) is 18.8. The van der Waals surface area contributed by atoms with Crippen LogP contribution in [0.1, 0.15) is 52.1 Å². The van der Waals surface area contributed by atoms with Crippen molar-refractivity contribution in [3.05, 3.63) is 11.1 Å². The summed E-state index contributed by atoms with van der Waals surface area (Å²) in [6, 6.07) is -0.477. The number of rotatable bonds is 3. The molecule has 7 nitrogen and oxygen atoms in total. The molecule has 8 heteroatoms. The Balaban J connectivity index is 1.63. The van der Waals surface area contributed by atoms with Crippen LogP contribution in [0.3, 0.4) is 0 Å². The monoisotopic (exact) mass is 378 g/mol. The molecule has 4 amide bonds. The van der Waals surface area contributed by atoms with E-state index in [2.05, 4.69) is 36.4 Å². The first-order valence-corrected chi connectivity index (χ1v) is 9.85. The van der Waals surface area contributed by atoms with Crippen LogP contribution in [0.2, 0.25) is 0 Å². The Morgan fingerprint density at radius 2 is 2.04 bits per heavy atom. The Hall–Kier alpha value is -1.96. The lowest BCUT2D eigenvalue weighted by molar-refractivity contribution is -0.135. The van der Waals surface area contributed by atoms with Gasteiger partial charge < -0.3 is 10.6 Å². The maximum absolute atomic E-state index is 12.9. The predicted octanol–water partition coefficient (Wildman–Crippen LogP) is 2.92. The maximum atomic E-state index is 12.9. The minimum Gasteiger partial charge on any atom is -0.323 e. The van der Waals surface area contributed by atoms with E-state index in [4.69, 9.17) is 0 Å². The van der Waals surface area contributed by atoms with Gasteiger partial charge in [0, 0.05) is 5.38 Å². The lowest BCUT2D eigenvalue weighted by Gasteiger charge is -2.40. The molecule has 1 spiro atoms. The molecule has 2 fully saturated rings. The summed E-state index contributed by atoms with van der Waals surface area (Å²) in [6.07, 6.45) is 3.05. The molecule has 1 aromatic rings. The van der Waals surface area contributed by atoms with Crippen molar-refractivity contribution in [1.82, 2.24) is 15.2 Å². The molecule has 0 unspecified atom stereocenters. The number of carbonyl (C=O) groups excluding carboxylic acids is 3. The third-order valence-electron chi connectivity index (χ3n) is 5.48. The van der Waals surface area contributed by atoms with Crippen LogP contribution < -0.4 is 10.6 Å². The molecule has 2 N–H and O–H groups in total. The lowest BCUT2D eigenvalue weighted by atomic mass is 9.67. The second-order valence-electron chi connectivity index (χ2n) is 8.39. The molecule has 0 aromatic carbocycles. The van der Waals surface area contributed by atoms with E-state index >= 15 is 0 Å². The van der Waals surface area contributed by atoms with Gasteiger partial charge in [-0.1, -0.05) is 20.8 Å². The number of nitrogens with zero attached hydrogens (tertiary/aromatic N) is 2. The SMILES string of the molecule is Cc1csc(NC(=O)CN2C(=O)NC3(CCC(C(C)(C)C)CC3)C2=O)n1. The molecular formula is C18H26N4O3S. The molecule has 1 saturated heterocycles. The second kappa shape index (κ2) is 6.64. The topological polar surface area (TPSA) is 91.4 Å². The maximum Gasteiger partial charge on any atom is 0.325 e. The standard InChI is InChI=1S/C18H26N4O3S/c1-11-10-26-15(19-11)20-13(23)9-22-14(24)18(21-16(22)25)7-5-12(6-8-18)17(2,3)4/h10,12H,5-9H2,1-4H3,(H,21,25)(H,19,20,23). The highest BCUT2D eigenvalue weighted by Gasteiger charge is 2.53. The number of thiazole rings is 1. The highest BCUT2D eigenvalue weighted by atomic mass is 32.1. The second-order valence-corrected chi connectivity index (χ2v) is 9.24. The fourth-order valence-corrected chi connectivity index (χ4v) is 4.55. The van der Waals surface area contributed by atoms with Gasteiger partial charge >= 0.3 is 6.03 Å². The van der Waals surface area contributed by atoms with Crippen LogP contribution in [0.15, 0.2) is 5.38 Å². The molecule has 142 valence electrons. The van der Waals surface area contributed by atoms with E-state index < -0.39 is 17.5 Å². The van der Waals surface area contributed by atoms with E-state index in [1.807, 2.05) is 12.3 Å². The van der Waals surface area contributed by atoms with Crippen molar-refractivity contribution in [3.8, 4) is 0 Å². The number of nitrogens with one attached hydrogen (secondary N) is 2. The highest BCUT2D eigenvalue weighted by Crippen LogP contribution is 2.43. The number of aryl methyl sites for hydroxylation is 1. The van der Waals surface area contributed by atoms with Gasteiger partial charge in [0.15, 0.2) is 5.13 Å². The molecule has 0 atom stereocenters. The number of carbonyl (C=O) groups is 3. The van der Waals surface area contributed by atoms with E-state index in [0.29, 0.717) is 23.9 Å². The summed E-state index contributed by atoms with van der Waals surface area (Å²) in [6.45, 7) is 8.18. The molecule has 26 heavy (non-hydrogen) atoms. The van der Waals surface area contributed by atoms with Crippen molar-refractivity contribution in [3.63, 3.8) is 0 Å². The third kappa shape index (κ3) is 3.60. The lowest BCUT2D eigenvalue weighted by Crippen LogP contribution is -2.50. The molecule has 1 saturated carbocycles. The van der Waals surface area contributed by atoms with E-state index in [9.17, 15) is 14.4 Å². The summed E-state index contributed by atoms with van der Waals surface area (Å²) in [5.74, 6) is -0.160. The molecule has 3 rings (SSSR count). The molecular weight excluding hydrogens is 352 g/mol. The summed E-state index contributed by atoms with van der Waals surface area (Å²) in [4.78, 5) is 42.6. The van der Waals surface area contributed by atoms with Crippen molar-refractivity contribution >= 4 is 34.3 Å². The molecule has 0 bridgehead atoms. The van der Waals surface area contributed by atoms with Crippen molar-refractivity contribution in [2.45, 2.75) is 58.9 Å². The van der Waals surface area contributed by atoms with Crippen molar-refractivity contribution < 1.29 is 14.4 Å². The number of imide groups is 1. The smallest absolute Gasteiger partial charge is 0.323 e. The van der Waals surface area contributed by atoms with Gasteiger partial charge in [0.1, 0.15) is 12.1 Å². The number of amides is 4. The van der Waals surface area contributed by atoms with E-state index in [-0.39, 0.29) is 17.9 Å². The van der Waals surface area contributed by atoms with Gasteiger partial charge in [-0.25, -0.2) is 9.78 Å². The van der Waals surface area contributed by atoms with Crippen LogP contribution in [0.4, 0.5) is 9.93 Å². The summed E-state index contributed by atoms with van der Waals surface area (Å²) in [7, 11) is 0. The van der Waals surface area contributed by atoms with Gasteiger partial charge in [-0.05, 0) is 43.9 Å². The average molecular weight is 378 g/mol. The first-order chi connectivity index (χ1) is 12.1. The van der Waals surface area contributed by atoms with Gasteiger partial charge in [0.05, 0.1) is 5.69 Å². The van der Waals surface area contributed by atoms with Crippen LogP contribution in [0, 0.1) is 18.3 Å². The fraction of sp³-hybridized carbons (Fsp3) is 0.667. The molecule has 1 aromatic heterocycles. The van der Waals surface area contributed by atoms with Crippen LogP contribution in [-0.4, -0.2) is 39.8 Å². The van der Waals surface area contributed by atoms with Crippen molar-refractivity contribution in [2.24, 2.45) is 11.3 Å². The van der Waals surface area contributed by atoms with Crippen LogP contribution in [0.25, 0.3) is 0 Å². The minimum absolute atomic E-state index is 0.193. The molecule has 2 aliphatic rings.